The van der Waals surface area contributed by atoms with Gasteiger partial charge in [0.15, 0.2) is 0 Å². The average Bonchev–Trinajstić information content (AvgIpc) is 3.25. The van der Waals surface area contributed by atoms with Gasteiger partial charge in [0.05, 0.1) is 10.3 Å². The van der Waals surface area contributed by atoms with Gasteiger partial charge in [-0.2, -0.15) is 0 Å². The fourth-order valence-electron chi connectivity index (χ4n) is 4.14. The third-order valence-electron chi connectivity index (χ3n) is 5.57. The monoisotopic (exact) mass is 364 g/mol. The van der Waals surface area contributed by atoms with Gasteiger partial charge in [0, 0.05) is 13.1 Å². The van der Waals surface area contributed by atoms with Crippen molar-refractivity contribution >= 4 is 29.1 Å². The van der Waals surface area contributed by atoms with Crippen LogP contribution in [0.4, 0.5) is 0 Å². The van der Waals surface area contributed by atoms with Crippen molar-refractivity contribution in [3.63, 3.8) is 0 Å². The number of carboxylic acid groups (broad SMARTS) is 1. The van der Waals surface area contributed by atoms with E-state index in [1.165, 1.54) is 11.3 Å². The minimum Gasteiger partial charge on any atom is -0.481 e. The molecule has 2 fully saturated rings. The van der Waals surface area contributed by atoms with Crippen molar-refractivity contribution in [2.75, 3.05) is 13.1 Å². The summed E-state index contributed by atoms with van der Waals surface area (Å²) in [6, 6.07) is 2.88. The van der Waals surface area contributed by atoms with Gasteiger partial charge in [-0.1, -0.05) is 26.3 Å². The summed E-state index contributed by atoms with van der Waals surface area (Å²) in [5.74, 6) is -1.27. The molecule has 0 spiro atoms. The van der Waals surface area contributed by atoms with Gasteiger partial charge in [-0.25, -0.2) is 0 Å². The summed E-state index contributed by atoms with van der Waals surface area (Å²) >= 11 is 1.33. The Bertz CT molecular complexity index is 673. The molecule has 1 unspecified atom stereocenters. The van der Waals surface area contributed by atoms with Gasteiger partial charge < -0.3 is 15.3 Å². The van der Waals surface area contributed by atoms with Gasteiger partial charge in [-0.3, -0.25) is 14.4 Å². The summed E-state index contributed by atoms with van der Waals surface area (Å²) in [5.41, 5.74) is -0.797. The maximum absolute atomic E-state index is 13.0. The minimum absolute atomic E-state index is 0.0229. The molecule has 6 nitrogen and oxygen atoms in total. The van der Waals surface area contributed by atoms with Crippen molar-refractivity contribution in [1.29, 1.82) is 0 Å². The van der Waals surface area contributed by atoms with Crippen LogP contribution in [0.15, 0.2) is 17.5 Å². The zero-order valence-electron chi connectivity index (χ0n) is 14.5. The largest absolute Gasteiger partial charge is 0.481 e. The SMILES string of the molecule is CC(C)C(NC(=O)c1cccs1)C(=O)N1C[C@@H]2CCC[C@@]2(C(=O)O)C1. The number of rotatable bonds is 5. The first kappa shape index (κ1) is 17.9. The first-order valence-electron chi connectivity index (χ1n) is 8.71. The maximum atomic E-state index is 13.0. The fourth-order valence-corrected chi connectivity index (χ4v) is 4.76. The molecule has 1 aliphatic carbocycles. The van der Waals surface area contributed by atoms with E-state index in [9.17, 15) is 19.5 Å². The lowest BCUT2D eigenvalue weighted by atomic mass is 9.81. The van der Waals surface area contributed by atoms with Crippen molar-refractivity contribution in [3.05, 3.63) is 22.4 Å². The molecule has 1 aliphatic heterocycles. The molecule has 3 atom stereocenters. The predicted octanol–water partition coefficient (Wildman–Crippen LogP) is 2.22. The van der Waals surface area contributed by atoms with Crippen LogP contribution in [-0.2, 0) is 9.59 Å². The molecule has 0 aromatic carbocycles. The summed E-state index contributed by atoms with van der Waals surface area (Å²) < 4.78 is 0. The number of hydrogen-bond donors (Lipinski definition) is 2. The zero-order chi connectivity index (χ0) is 18.2. The second-order valence-corrected chi connectivity index (χ2v) is 8.39. The molecule has 136 valence electrons. The molecule has 2 aliphatic rings. The van der Waals surface area contributed by atoms with Crippen LogP contribution < -0.4 is 5.32 Å². The second kappa shape index (κ2) is 6.78. The molecule has 2 N–H and O–H groups in total. The van der Waals surface area contributed by atoms with Crippen molar-refractivity contribution in [2.45, 2.75) is 39.2 Å². The molecule has 7 heteroatoms. The van der Waals surface area contributed by atoms with E-state index < -0.39 is 17.4 Å². The first-order chi connectivity index (χ1) is 11.8. The van der Waals surface area contributed by atoms with Crippen LogP contribution in [0.25, 0.3) is 0 Å². The normalized spacial score (nSPS) is 26.5. The maximum Gasteiger partial charge on any atom is 0.311 e. The predicted molar refractivity (Wildman–Crippen MR) is 94.4 cm³/mol. The Morgan fingerprint density at radius 3 is 2.72 bits per heavy atom. The number of nitrogens with one attached hydrogen (secondary N) is 1. The number of aliphatic carboxylic acids is 1. The highest BCUT2D eigenvalue weighted by Gasteiger charge is 2.56. The van der Waals surface area contributed by atoms with E-state index in [2.05, 4.69) is 5.32 Å². The highest BCUT2D eigenvalue weighted by Crippen LogP contribution is 2.49. The van der Waals surface area contributed by atoms with E-state index in [-0.39, 0.29) is 30.2 Å². The Labute approximate surface area is 151 Å². The van der Waals surface area contributed by atoms with E-state index in [1.54, 1.807) is 17.0 Å². The number of carbonyl (C=O) groups excluding carboxylic acids is 2. The van der Waals surface area contributed by atoms with Crippen molar-refractivity contribution in [3.8, 4) is 0 Å². The van der Waals surface area contributed by atoms with Crippen molar-refractivity contribution in [1.82, 2.24) is 10.2 Å². The number of carboxylic acids is 1. The van der Waals surface area contributed by atoms with Gasteiger partial charge in [-0.05, 0) is 36.1 Å². The Morgan fingerprint density at radius 2 is 2.16 bits per heavy atom. The summed E-state index contributed by atoms with van der Waals surface area (Å²) in [5, 5.41) is 14.3. The molecule has 1 saturated heterocycles. The standard InChI is InChI=1S/C18H24N2O4S/c1-11(2)14(19-15(21)13-6-4-8-25-13)16(22)20-9-12-5-3-7-18(12,10-20)17(23)24/h4,6,8,11-12,14H,3,5,7,9-10H2,1-2H3,(H,19,21)(H,23,24)/t12-,14?,18+/m0/s1. The van der Waals surface area contributed by atoms with Gasteiger partial charge in [0.25, 0.3) is 5.91 Å². The summed E-state index contributed by atoms with van der Waals surface area (Å²) in [7, 11) is 0. The number of carbonyl (C=O) groups is 3. The molecule has 0 radical (unpaired) electrons. The van der Waals surface area contributed by atoms with Crippen LogP contribution >= 0.6 is 11.3 Å². The van der Waals surface area contributed by atoms with Crippen LogP contribution in [0.1, 0.15) is 42.8 Å². The van der Waals surface area contributed by atoms with Gasteiger partial charge in [0.1, 0.15) is 6.04 Å². The van der Waals surface area contributed by atoms with E-state index in [1.807, 2.05) is 19.2 Å². The van der Waals surface area contributed by atoms with Gasteiger partial charge >= 0.3 is 5.97 Å². The molecule has 25 heavy (non-hydrogen) atoms. The number of nitrogens with zero attached hydrogens (tertiary/aromatic N) is 1. The van der Waals surface area contributed by atoms with Crippen LogP contribution in [0.5, 0.6) is 0 Å². The Kier molecular flexibility index (Phi) is 4.86. The number of amides is 2. The van der Waals surface area contributed by atoms with Gasteiger partial charge in [-0.15, -0.1) is 11.3 Å². The van der Waals surface area contributed by atoms with Crippen LogP contribution in [-0.4, -0.2) is 46.9 Å². The average molecular weight is 364 g/mol. The first-order valence-corrected chi connectivity index (χ1v) is 9.59. The highest BCUT2D eigenvalue weighted by molar-refractivity contribution is 7.12. The molecule has 1 saturated carbocycles. The minimum atomic E-state index is -0.797. The molecule has 3 rings (SSSR count). The van der Waals surface area contributed by atoms with Crippen LogP contribution in [0.2, 0.25) is 0 Å². The smallest absolute Gasteiger partial charge is 0.311 e. The molecule has 0 bridgehead atoms. The molecule has 2 heterocycles. The number of likely N-dealkylation sites (tertiary alicyclic amines) is 1. The zero-order valence-corrected chi connectivity index (χ0v) is 15.3. The van der Waals surface area contributed by atoms with Crippen molar-refractivity contribution in [2.24, 2.45) is 17.3 Å². The van der Waals surface area contributed by atoms with Crippen LogP contribution in [0, 0.1) is 17.3 Å². The Morgan fingerprint density at radius 1 is 1.40 bits per heavy atom. The molecule has 2 amide bonds. The van der Waals surface area contributed by atoms with E-state index in [0.717, 1.165) is 12.8 Å². The Balaban J connectivity index is 1.74. The molecule has 1 aromatic rings. The van der Waals surface area contributed by atoms with Crippen LogP contribution in [0.3, 0.4) is 0 Å². The highest BCUT2D eigenvalue weighted by atomic mass is 32.1. The van der Waals surface area contributed by atoms with E-state index in [0.29, 0.717) is 17.8 Å². The topological polar surface area (TPSA) is 86.7 Å². The Hall–Kier alpha value is -1.89. The quantitative estimate of drug-likeness (QED) is 0.839. The van der Waals surface area contributed by atoms with Crippen molar-refractivity contribution < 1.29 is 19.5 Å². The molecule has 1 aromatic heterocycles. The summed E-state index contributed by atoms with van der Waals surface area (Å²) in [6.45, 7) is 4.51. The number of hydrogen-bond acceptors (Lipinski definition) is 4. The fraction of sp³-hybridized carbons (Fsp3) is 0.611. The lowest BCUT2D eigenvalue weighted by Crippen LogP contribution is -2.51. The second-order valence-electron chi connectivity index (χ2n) is 7.44. The lowest BCUT2D eigenvalue weighted by molar-refractivity contribution is -0.149. The molecular formula is C18H24N2O4S. The number of fused-ring (bicyclic) bond motifs is 1. The van der Waals surface area contributed by atoms with E-state index in [4.69, 9.17) is 0 Å². The summed E-state index contributed by atoms with van der Waals surface area (Å²) in [6.07, 6.45) is 2.39. The lowest BCUT2D eigenvalue weighted by Gasteiger charge is -2.28. The van der Waals surface area contributed by atoms with Gasteiger partial charge in [0.2, 0.25) is 5.91 Å². The summed E-state index contributed by atoms with van der Waals surface area (Å²) in [4.78, 5) is 39.4. The third-order valence-corrected chi connectivity index (χ3v) is 6.44. The number of thiophene rings is 1. The molecular weight excluding hydrogens is 340 g/mol. The van der Waals surface area contributed by atoms with E-state index >= 15 is 0 Å². The third kappa shape index (κ3) is 3.17.